The second-order valence-corrected chi connectivity index (χ2v) is 6.12. The average molecular weight is 362 g/mol. The predicted molar refractivity (Wildman–Crippen MR) is 97.0 cm³/mol. The Balaban J connectivity index is 1.85. The molecule has 0 saturated carbocycles. The molecule has 0 fully saturated rings. The number of hydrogen-bond donors (Lipinski definition) is 1. The van der Waals surface area contributed by atoms with Gasteiger partial charge in [0.1, 0.15) is 5.75 Å². The number of anilines is 1. The minimum Gasteiger partial charge on any atom is -0.482 e. The molecule has 0 bridgehead atoms. The molecule has 0 unspecified atom stereocenters. The van der Waals surface area contributed by atoms with Crippen LogP contribution in [0.2, 0.25) is 5.02 Å². The van der Waals surface area contributed by atoms with Crippen LogP contribution >= 0.6 is 11.6 Å². The molecular weight excluding hydrogens is 342 g/mol. The van der Waals surface area contributed by atoms with Crippen molar-refractivity contribution in [3.63, 3.8) is 0 Å². The van der Waals surface area contributed by atoms with Crippen molar-refractivity contribution in [1.82, 2.24) is 0 Å². The van der Waals surface area contributed by atoms with E-state index in [9.17, 15) is 9.59 Å². The highest BCUT2D eigenvalue weighted by atomic mass is 35.5. The number of esters is 1. The van der Waals surface area contributed by atoms with Gasteiger partial charge in [-0.2, -0.15) is 0 Å². The van der Waals surface area contributed by atoms with Crippen LogP contribution in [0.25, 0.3) is 0 Å². The Bertz CT molecular complexity index is 776. The van der Waals surface area contributed by atoms with E-state index in [0.29, 0.717) is 16.5 Å². The van der Waals surface area contributed by atoms with E-state index in [1.807, 2.05) is 32.0 Å². The fraction of sp³-hybridized carbons (Fsp3) is 0.263. The first-order chi connectivity index (χ1) is 11.8. The van der Waals surface area contributed by atoms with Crippen LogP contribution in [-0.2, 0) is 14.3 Å². The summed E-state index contributed by atoms with van der Waals surface area (Å²) in [6, 6.07) is 12.4. The molecule has 0 spiro atoms. The summed E-state index contributed by atoms with van der Waals surface area (Å²) in [6.45, 7) is 5.04. The molecule has 1 amide bonds. The molecule has 1 N–H and O–H groups in total. The van der Waals surface area contributed by atoms with Crippen LogP contribution in [0.4, 0.5) is 5.69 Å². The van der Waals surface area contributed by atoms with Gasteiger partial charge in [0, 0.05) is 10.7 Å². The van der Waals surface area contributed by atoms with Gasteiger partial charge >= 0.3 is 5.97 Å². The van der Waals surface area contributed by atoms with Crippen LogP contribution in [0.1, 0.15) is 18.1 Å². The molecule has 2 aromatic rings. The second-order valence-electron chi connectivity index (χ2n) is 5.69. The Hall–Kier alpha value is -2.53. The van der Waals surface area contributed by atoms with E-state index in [-0.39, 0.29) is 6.61 Å². The number of carbonyl (C=O) groups excluding carboxylic acids is 2. The first-order valence-corrected chi connectivity index (χ1v) is 8.19. The van der Waals surface area contributed by atoms with E-state index in [1.165, 1.54) is 6.92 Å². The van der Waals surface area contributed by atoms with Gasteiger partial charge in [0.05, 0.1) is 0 Å². The SMILES string of the molecule is Cc1ccc(C)c(NC(=O)[C@@H](C)OC(=O)COc2cccc(Cl)c2)c1. The van der Waals surface area contributed by atoms with Crippen molar-refractivity contribution in [2.75, 3.05) is 11.9 Å². The minimum absolute atomic E-state index is 0.304. The number of nitrogens with one attached hydrogen (secondary N) is 1. The molecule has 0 aliphatic rings. The maximum absolute atomic E-state index is 12.2. The quantitative estimate of drug-likeness (QED) is 0.792. The van der Waals surface area contributed by atoms with Crippen LogP contribution in [0.3, 0.4) is 0 Å². The van der Waals surface area contributed by atoms with Crippen molar-refractivity contribution >= 4 is 29.2 Å². The Morgan fingerprint density at radius 2 is 1.92 bits per heavy atom. The molecule has 0 heterocycles. The smallest absolute Gasteiger partial charge is 0.344 e. The van der Waals surface area contributed by atoms with Gasteiger partial charge in [0.15, 0.2) is 12.7 Å². The van der Waals surface area contributed by atoms with Crippen LogP contribution in [0.15, 0.2) is 42.5 Å². The Labute approximate surface area is 151 Å². The summed E-state index contributed by atoms with van der Waals surface area (Å²) in [5.41, 5.74) is 2.66. The lowest BCUT2D eigenvalue weighted by Gasteiger charge is -2.15. The summed E-state index contributed by atoms with van der Waals surface area (Å²) in [5, 5.41) is 3.27. The zero-order chi connectivity index (χ0) is 18.4. The molecule has 1 atom stereocenters. The molecule has 2 rings (SSSR count). The highest BCUT2D eigenvalue weighted by Gasteiger charge is 2.19. The van der Waals surface area contributed by atoms with Crippen LogP contribution in [0, 0.1) is 13.8 Å². The highest BCUT2D eigenvalue weighted by molar-refractivity contribution is 6.30. The average Bonchev–Trinajstić information content (AvgIpc) is 2.56. The zero-order valence-corrected chi connectivity index (χ0v) is 15.1. The molecule has 132 valence electrons. The maximum Gasteiger partial charge on any atom is 0.344 e. The molecule has 0 radical (unpaired) electrons. The molecule has 25 heavy (non-hydrogen) atoms. The van der Waals surface area contributed by atoms with Gasteiger partial charge in [-0.05, 0) is 56.2 Å². The van der Waals surface area contributed by atoms with Crippen molar-refractivity contribution in [3.8, 4) is 5.75 Å². The van der Waals surface area contributed by atoms with Crippen molar-refractivity contribution in [3.05, 3.63) is 58.6 Å². The van der Waals surface area contributed by atoms with E-state index >= 15 is 0 Å². The Morgan fingerprint density at radius 3 is 2.64 bits per heavy atom. The van der Waals surface area contributed by atoms with E-state index in [4.69, 9.17) is 21.1 Å². The third kappa shape index (κ3) is 5.80. The zero-order valence-electron chi connectivity index (χ0n) is 14.3. The lowest BCUT2D eigenvalue weighted by molar-refractivity contribution is -0.155. The number of amides is 1. The van der Waals surface area contributed by atoms with Crippen LogP contribution in [-0.4, -0.2) is 24.6 Å². The largest absolute Gasteiger partial charge is 0.482 e. The molecule has 0 aromatic heterocycles. The summed E-state index contributed by atoms with van der Waals surface area (Å²) in [6.07, 6.45) is -0.935. The van der Waals surface area contributed by atoms with Gasteiger partial charge in [0.25, 0.3) is 5.91 Å². The first-order valence-electron chi connectivity index (χ1n) is 7.81. The Kier molecular flexibility index (Phi) is 6.42. The molecule has 2 aromatic carbocycles. The summed E-state index contributed by atoms with van der Waals surface area (Å²) in [4.78, 5) is 24.0. The summed E-state index contributed by atoms with van der Waals surface area (Å²) in [7, 11) is 0. The lowest BCUT2D eigenvalue weighted by atomic mass is 10.1. The standard InChI is InChI=1S/C19H20ClNO4/c1-12-7-8-13(2)17(9-12)21-19(23)14(3)25-18(22)11-24-16-6-4-5-15(20)10-16/h4-10,14H,11H2,1-3H3,(H,21,23)/t14-/m1/s1. The fourth-order valence-corrected chi connectivity index (χ4v) is 2.27. The number of aryl methyl sites for hydroxylation is 2. The predicted octanol–water partition coefficient (Wildman–Crippen LogP) is 3.91. The molecule has 6 heteroatoms. The number of hydrogen-bond acceptors (Lipinski definition) is 4. The van der Waals surface area contributed by atoms with Crippen LogP contribution in [0.5, 0.6) is 5.75 Å². The molecule has 0 aliphatic heterocycles. The highest BCUT2D eigenvalue weighted by Crippen LogP contribution is 2.18. The van der Waals surface area contributed by atoms with Crippen molar-refractivity contribution < 1.29 is 19.1 Å². The topological polar surface area (TPSA) is 64.6 Å². The summed E-state index contributed by atoms with van der Waals surface area (Å²) in [5.74, 6) is -0.578. The molecule has 0 saturated heterocycles. The van der Waals surface area contributed by atoms with Crippen LogP contribution < -0.4 is 10.1 Å². The third-order valence-electron chi connectivity index (χ3n) is 3.48. The summed E-state index contributed by atoms with van der Waals surface area (Å²) < 4.78 is 10.4. The van der Waals surface area contributed by atoms with E-state index in [0.717, 1.165) is 11.1 Å². The van der Waals surface area contributed by atoms with Crippen molar-refractivity contribution in [1.29, 1.82) is 0 Å². The monoisotopic (exact) mass is 361 g/mol. The van der Waals surface area contributed by atoms with Gasteiger partial charge in [-0.25, -0.2) is 4.79 Å². The van der Waals surface area contributed by atoms with Gasteiger partial charge in [-0.1, -0.05) is 29.8 Å². The third-order valence-corrected chi connectivity index (χ3v) is 3.72. The van der Waals surface area contributed by atoms with Gasteiger partial charge in [-0.15, -0.1) is 0 Å². The number of halogens is 1. The van der Waals surface area contributed by atoms with Gasteiger partial charge in [-0.3, -0.25) is 4.79 Å². The number of ether oxygens (including phenoxy) is 2. The number of carbonyl (C=O) groups is 2. The van der Waals surface area contributed by atoms with Gasteiger partial charge < -0.3 is 14.8 Å². The molecule has 5 nitrogen and oxygen atoms in total. The second kappa shape index (κ2) is 8.53. The lowest BCUT2D eigenvalue weighted by Crippen LogP contribution is -2.31. The maximum atomic E-state index is 12.2. The normalized spacial score (nSPS) is 11.5. The molecular formula is C19H20ClNO4. The fourth-order valence-electron chi connectivity index (χ4n) is 2.09. The van der Waals surface area contributed by atoms with Crippen molar-refractivity contribution in [2.45, 2.75) is 26.9 Å². The summed E-state index contributed by atoms with van der Waals surface area (Å²) >= 11 is 5.84. The Morgan fingerprint density at radius 1 is 1.16 bits per heavy atom. The van der Waals surface area contributed by atoms with E-state index in [2.05, 4.69) is 5.32 Å². The van der Waals surface area contributed by atoms with Gasteiger partial charge in [0.2, 0.25) is 0 Å². The number of rotatable bonds is 6. The van der Waals surface area contributed by atoms with Crippen molar-refractivity contribution in [2.24, 2.45) is 0 Å². The number of benzene rings is 2. The van der Waals surface area contributed by atoms with E-state index < -0.39 is 18.0 Å². The molecule has 0 aliphatic carbocycles. The first kappa shape index (κ1) is 18.8. The minimum atomic E-state index is -0.935. The van der Waals surface area contributed by atoms with E-state index in [1.54, 1.807) is 24.3 Å².